The van der Waals surface area contributed by atoms with Crippen molar-refractivity contribution in [2.24, 2.45) is 17.7 Å². The first-order chi connectivity index (χ1) is 19.2. The quantitative estimate of drug-likeness (QED) is 0.167. The third kappa shape index (κ3) is 7.53. The number of carboxylic acid groups (broad SMARTS) is 1. The second-order valence-electron chi connectivity index (χ2n) is 9.83. The summed E-state index contributed by atoms with van der Waals surface area (Å²) in [5.74, 6) is 4.34. The van der Waals surface area contributed by atoms with Crippen LogP contribution >= 0.6 is 23.2 Å². The SMILES string of the molecule is NN(c1ccccc1)C(=O)[C@H]1CC[C@H](C(=O)N[C@@H](Cc2ccc(OCc3c(Cl)cccc3Cl)cc2)C(=O)O)CC1. The average molecular weight is 585 g/mol. The van der Waals surface area contributed by atoms with E-state index in [1.807, 2.05) is 18.2 Å². The summed E-state index contributed by atoms with van der Waals surface area (Å²) in [6.07, 6.45) is 2.11. The zero-order chi connectivity index (χ0) is 28.6. The number of hydrogen-bond acceptors (Lipinski definition) is 5. The molecule has 0 saturated heterocycles. The van der Waals surface area contributed by atoms with Gasteiger partial charge >= 0.3 is 5.97 Å². The van der Waals surface area contributed by atoms with E-state index in [0.29, 0.717) is 52.7 Å². The van der Waals surface area contributed by atoms with Gasteiger partial charge in [-0.3, -0.25) is 9.59 Å². The molecule has 3 aromatic carbocycles. The van der Waals surface area contributed by atoms with Crippen molar-refractivity contribution in [3.63, 3.8) is 0 Å². The van der Waals surface area contributed by atoms with Crippen LogP contribution in [0, 0.1) is 11.8 Å². The highest BCUT2D eigenvalue weighted by Gasteiger charge is 2.33. The lowest BCUT2D eigenvalue weighted by atomic mass is 9.81. The van der Waals surface area contributed by atoms with Gasteiger partial charge in [-0.25, -0.2) is 15.6 Å². The average Bonchev–Trinajstić information content (AvgIpc) is 2.97. The van der Waals surface area contributed by atoms with E-state index >= 15 is 0 Å². The molecular formula is C30H31Cl2N3O5. The number of ether oxygens (including phenoxy) is 1. The van der Waals surface area contributed by atoms with Gasteiger partial charge in [0, 0.05) is 33.9 Å². The number of nitrogens with zero attached hydrogens (tertiary/aromatic N) is 1. The number of carboxylic acids is 1. The number of nitrogens with two attached hydrogens (primary N) is 1. The predicted molar refractivity (Wildman–Crippen MR) is 154 cm³/mol. The number of hydrogen-bond donors (Lipinski definition) is 3. The Labute approximate surface area is 243 Å². The molecule has 0 aliphatic heterocycles. The Balaban J connectivity index is 1.27. The maximum absolute atomic E-state index is 12.9. The summed E-state index contributed by atoms with van der Waals surface area (Å²) in [5.41, 5.74) is 2.02. The molecule has 0 radical (unpaired) electrons. The number of carbonyl (C=O) groups is 3. The second-order valence-corrected chi connectivity index (χ2v) is 10.6. The highest BCUT2D eigenvalue weighted by Crippen LogP contribution is 2.31. The van der Waals surface area contributed by atoms with Gasteiger partial charge in [-0.05, 0) is 67.6 Å². The smallest absolute Gasteiger partial charge is 0.326 e. The number of aliphatic carboxylic acids is 1. The van der Waals surface area contributed by atoms with Gasteiger partial charge in [-0.2, -0.15) is 0 Å². The van der Waals surface area contributed by atoms with Crippen LogP contribution in [0.1, 0.15) is 36.8 Å². The maximum atomic E-state index is 12.9. The molecule has 1 aliphatic rings. The first-order valence-electron chi connectivity index (χ1n) is 13.0. The molecule has 1 aliphatic carbocycles. The van der Waals surface area contributed by atoms with Gasteiger partial charge in [0.1, 0.15) is 18.4 Å². The van der Waals surface area contributed by atoms with E-state index in [0.717, 1.165) is 10.6 Å². The number of para-hydroxylation sites is 1. The van der Waals surface area contributed by atoms with E-state index < -0.39 is 12.0 Å². The van der Waals surface area contributed by atoms with E-state index in [-0.39, 0.29) is 36.7 Å². The molecule has 1 atom stereocenters. The van der Waals surface area contributed by atoms with Crippen LogP contribution in [0.3, 0.4) is 0 Å². The molecule has 4 rings (SSSR count). The van der Waals surface area contributed by atoms with Crippen molar-refractivity contribution in [2.45, 2.75) is 44.8 Å². The first kappa shape index (κ1) is 29.4. The number of carbonyl (C=O) groups excluding carboxylic acids is 2. The standard InChI is InChI=1S/C30H31Cl2N3O5/c31-25-7-4-8-26(32)24(25)18-40-23-15-9-19(10-16-23)17-27(30(38)39)34-28(36)20-11-13-21(14-12-20)29(37)35(33)22-5-2-1-3-6-22/h1-10,15-16,20-21,27H,11-14,17-18,33H2,(H,34,36)(H,38,39)/t20-,21-,27-/m0/s1. The summed E-state index contributed by atoms with van der Waals surface area (Å²) >= 11 is 12.4. The third-order valence-electron chi connectivity index (χ3n) is 7.14. The number of halogens is 2. The Bertz CT molecular complexity index is 1310. The van der Waals surface area contributed by atoms with Crippen molar-refractivity contribution in [2.75, 3.05) is 5.01 Å². The molecule has 0 heterocycles. The first-order valence-corrected chi connectivity index (χ1v) is 13.8. The fraction of sp³-hybridized carbons (Fsp3) is 0.300. The minimum absolute atomic E-state index is 0.116. The molecule has 40 heavy (non-hydrogen) atoms. The van der Waals surface area contributed by atoms with Crippen molar-refractivity contribution < 1.29 is 24.2 Å². The molecule has 0 spiro atoms. The van der Waals surface area contributed by atoms with Crippen LogP contribution in [0.25, 0.3) is 0 Å². The molecule has 1 fully saturated rings. The Morgan fingerprint density at radius 3 is 2.10 bits per heavy atom. The molecule has 0 bridgehead atoms. The molecule has 10 heteroatoms. The molecule has 1 saturated carbocycles. The van der Waals surface area contributed by atoms with Crippen LogP contribution in [0.2, 0.25) is 10.0 Å². The lowest BCUT2D eigenvalue weighted by molar-refractivity contribution is -0.142. The van der Waals surface area contributed by atoms with Crippen LogP contribution < -0.4 is 20.9 Å². The van der Waals surface area contributed by atoms with Crippen molar-refractivity contribution in [3.8, 4) is 5.75 Å². The minimum Gasteiger partial charge on any atom is -0.489 e. The monoisotopic (exact) mass is 583 g/mol. The highest BCUT2D eigenvalue weighted by atomic mass is 35.5. The Hall–Kier alpha value is -3.59. The molecule has 2 amide bonds. The van der Waals surface area contributed by atoms with Gasteiger partial charge in [-0.1, -0.05) is 59.6 Å². The van der Waals surface area contributed by atoms with Crippen LogP contribution in [-0.2, 0) is 27.4 Å². The molecule has 0 unspecified atom stereocenters. The number of rotatable bonds is 10. The molecule has 4 N–H and O–H groups in total. The Morgan fingerprint density at radius 1 is 0.900 bits per heavy atom. The van der Waals surface area contributed by atoms with E-state index in [9.17, 15) is 19.5 Å². The fourth-order valence-electron chi connectivity index (χ4n) is 4.79. The Kier molecular flexibility index (Phi) is 10.0. The van der Waals surface area contributed by atoms with E-state index in [1.54, 1.807) is 54.6 Å². The highest BCUT2D eigenvalue weighted by molar-refractivity contribution is 6.35. The maximum Gasteiger partial charge on any atom is 0.326 e. The lowest BCUT2D eigenvalue weighted by Gasteiger charge is -2.30. The Morgan fingerprint density at radius 2 is 1.50 bits per heavy atom. The van der Waals surface area contributed by atoms with Gasteiger partial charge in [0.2, 0.25) is 11.8 Å². The van der Waals surface area contributed by atoms with Crippen LogP contribution in [0.15, 0.2) is 72.8 Å². The van der Waals surface area contributed by atoms with Crippen molar-refractivity contribution >= 4 is 46.7 Å². The van der Waals surface area contributed by atoms with E-state index in [2.05, 4.69) is 5.32 Å². The van der Waals surface area contributed by atoms with Gasteiger partial charge in [-0.15, -0.1) is 0 Å². The van der Waals surface area contributed by atoms with Crippen LogP contribution in [0.5, 0.6) is 5.75 Å². The summed E-state index contributed by atoms with van der Waals surface area (Å²) in [4.78, 5) is 37.7. The van der Waals surface area contributed by atoms with Gasteiger partial charge < -0.3 is 15.2 Å². The number of nitrogens with one attached hydrogen (secondary N) is 1. The number of amides is 2. The van der Waals surface area contributed by atoms with Gasteiger partial charge in [0.05, 0.1) is 5.69 Å². The summed E-state index contributed by atoms with van der Waals surface area (Å²) < 4.78 is 5.78. The van der Waals surface area contributed by atoms with E-state index in [1.165, 1.54) is 0 Å². The summed E-state index contributed by atoms with van der Waals surface area (Å²) in [5, 5.41) is 14.6. The normalized spacial score (nSPS) is 17.5. The number of benzene rings is 3. The largest absolute Gasteiger partial charge is 0.489 e. The van der Waals surface area contributed by atoms with Crippen molar-refractivity contribution in [3.05, 3.63) is 94.0 Å². The topological polar surface area (TPSA) is 122 Å². The molecule has 8 nitrogen and oxygen atoms in total. The molecular weight excluding hydrogens is 553 g/mol. The van der Waals surface area contributed by atoms with Crippen LogP contribution in [0.4, 0.5) is 5.69 Å². The molecule has 0 aromatic heterocycles. The van der Waals surface area contributed by atoms with Gasteiger partial charge in [0.15, 0.2) is 0 Å². The number of anilines is 1. The molecule has 3 aromatic rings. The van der Waals surface area contributed by atoms with Crippen molar-refractivity contribution in [1.29, 1.82) is 0 Å². The van der Waals surface area contributed by atoms with Crippen LogP contribution in [-0.4, -0.2) is 28.9 Å². The van der Waals surface area contributed by atoms with Gasteiger partial charge in [0.25, 0.3) is 0 Å². The zero-order valence-corrected chi connectivity index (χ0v) is 23.3. The minimum atomic E-state index is -1.12. The van der Waals surface area contributed by atoms with Crippen molar-refractivity contribution in [1.82, 2.24) is 5.32 Å². The van der Waals surface area contributed by atoms with E-state index in [4.69, 9.17) is 33.8 Å². The summed E-state index contributed by atoms with van der Waals surface area (Å²) in [6.45, 7) is 0.190. The second kappa shape index (κ2) is 13.7. The fourth-order valence-corrected chi connectivity index (χ4v) is 5.29. The zero-order valence-electron chi connectivity index (χ0n) is 21.8. The third-order valence-corrected chi connectivity index (χ3v) is 7.85. The summed E-state index contributed by atoms with van der Waals surface area (Å²) in [6, 6.07) is 20.1. The summed E-state index contributed by atoms with van der Waals surface area (Å²) in [7, 11) is 0. The number of hydrazine groups is 1. The predicted octanol–water partition coefficient (Wildman–Crippen LogP) is 5.40. The molecule has 210 valence electrons. The lowest BCUT2D eigenvalue weighted by Crippen LogP contribution is -2.47.